The molecule has 9 heteroatoms. The Bertz CT molecular complexity index is 724. The first kappa shape index (κ1) is 20.2. The number of aliphatic hydroxyl groups excluding tert-OH is 1. The summed E-state index contributed by atoms with van der Waals surface area (Å²) < 4.78 is 50.4. The van der Waals surface area contributed by atoms with Crippen LogP contribution in [0.3, 0.4) is 0 Å². The van der Waals surface area contributed by atoms with Crippen molar-refractivity contribution in [2.45, 2.75) is 11.8 Å². The Morgan fingerprint density at radius 2 is 1.60 bits per heavy atom. The third-order valence-corrected chi connectivity index (χ3v) is 3.97. The molecule has 1 unspecified atom stereocenters. The minimum Gasteiger partial charge on any atom is -0.457 e. The second-order valence-corrected chi connectivity index (χ2v) is 6.26. The summed E-state index contributed by atoms with van der Waals surface area (Å²) in [5.41, 5.74) is -3.81. The van der Waals surface area contributed by atoms with Crippen LogP contribution in [0.4, 0.5) is 13.2 Å². The van der Waals surface area contributed by atoms with Crippen LogP contribution >= 0.6 is 34.6 Å². The van der Waals surface area contributed by atoms with Crippen LogP contribution in [-0.4, -0.2) is 23.4 Å². The fourth-order valence-electron chi connectivity index (χ4n) is 2.16. The highest BCUT2D eigenvalue weighted by molar-refractivity contribution is 14.1. The van der Waals surface area contributed by atoms with Gasteiger partial charge in [0.05, 0.1) is 18.8 Å². The molecule has 2 rings (SSSR count). The van der Waals surface area contributed by atoms with E-state index in [2.05, 4.69) is 0 Å². The smallest absolute Gasteiger partial charge is 0.416 e. The first-order valence-corrected chi connectivity index (χ1v) is 8.17. The van der Waals surface area contributed by atoms with Gasteiger partial charge in [0, 0.05) is 10.6 Å². The van der Waals surface area contributed by atoms with Crippen LogP contribution in [0.5, 0.6) is 11.5 Å². The predicted molar refractivity (Wildman–Crippen MR) is 93.9 cm³/mol. The number of hydrogen-bond acceptors (Lipinski definition) is 4. The van der Waals surface area contributed by atoms with Gasteiger partial charge < -0.3 is 18.0 Å². The number of aliphatic hydroxyl groups is 2. The predicted octanol–water partition coefficient (Wildman–Crippen LogP) is 4.70. The minimum atomic E-state index is -4.76. The maximum absolute atomic E-state index is 13.4. The summed E-state index contributed by atoms with van der Waals surface area (Å²) >= 11 is 7.18. The second kappa shape index (κ2) is 8.09. The topological polar surface area (TPSA) is 58.9 Å². The van der Waals surface area contributed by atoms with Crippen molar-refractivity contribution in [3.63, 3.8) is 0 Å². The van der Waals surface area contributed by atoms with Gasteiger partial charge in [-0.05, 0) is 36.4 Å². The minimum absolute atomic E-state index is 0.0749. The molecule has 0 radical (unpaired) electrons. The second-order valence-electron chi connectivity index (χ2n) is 5.20. The first-order chi connectivity index (χ1) is 11.7. The Kier molecular flexibility index (Phi) is 6.55. The van der Waals surface area contributed by atoms with Crippen LogP contribution in [-0.2, 0) is 14.8 Å². The molecular weight excluding hydrogens is 476 g/mol. The number of rotatable bonds is 6. The van der Waals surface area contributed by atoms with E-state index in [1.54, 1.807) is 0 Å². The Morgan fingerprint density at radius 1 is 1.00 bits per heavy atom. The monoisotopic (exact) mass is 488 g/mol. The third-order valence-electron chi connectivity index (χ3n) is 3.40. The molecule has 0 saturated heterocycles. The van der Waals surface area contributed by atoms with Gasteiger partial charge in [-0.2, -0.15) is 13.2 Å². The average Bonchev–Trinajstić information content (AvgIpc) is 2.56. The fraction of sp³-hybridized carbons (Fsp3) is 0.250. The molecule has 0 aromatic heterocycles. The lowest BCUT2D eigenvalue weighted by Gasteiger charge is -2.28. The van der Waals surface area contributed by atoms with Crippen LogP contribution in [0.25, 0.3) is 0 Å². The van der Waals surface area contributed by atoms with Crippen LogP contribution in [0, 0.1) is 0 Å². The van der Waals surface area contributed by atoms with Gasteiger partial charge in [-0.15, -0.1) is 0 Å². The lowest BCUT2D eigenvalue weighted by Crippen LogP contribution is -2.36. The fourth-order valence-corrected chi connectivity index (χ4v) is 2.81. The average molecular weight is 489 g/mol. The summed E-state index contributed by atoms with van der Waals surface area (Å²) in [5, 5.41) is 20.1. The maximum atomic E-state index is 13.4. The van der Waals surface area contributed by atoms with E-state index in [4.69, 9.17) is 19.4 Å². The molecule has 0 fully saturated rings. The van der Waals surface area contributed by atoms with Gasteiger partial charge in [-0.25, -0.2) is 0 Å². The van der Waals surface area contributed by atoms with E-state index in [9.17, 15) is 23.4 Å². The van der Waals surface area contributed by atoms with Crippen molar-refractivity contribution in [1.82, 2.24) is 0 Å². The molecular formula is C16H13ClF3IO4. The lowest BCUT2D eigenvalue weighted by molar-refractivity contribution is -0.142. The number of ether oxygens (including phenoxy) is 1. The molecule has 0 saturated carbocycles. The zero-order valence-electron chi connectivity index (χ0n) is 12.6. The molecule has 0 spiro atoms. The number of benzene rings is 2. The molecule has 1 atom stereocenters. The van der Waals surface area contributed by atoms with Gasteiger partial charge in [0.1, 0.15) is 40.1 Å². The summed E-state index contributed by atoms with van der Waals surface area (Å²) in [6.45, 7) is -1.44. The highest BCUT2D eigenvalue weighted by Gasteiger charge is 2.41. The highest BCUT2D eigenvalue weighted by atomic mass is 127. The zero-order valence-corrected chi connectivity index (χ0v) is 15.5. The summed E-state index contributed by atoms with van der Waals surface area (Å²) in [6.07, 6.45) is -4.76. The SMILES string of the molecule is OCC(O)(COI)c1ccc(Oc2ccc(Cl)cc2)cc1C(F)(F)F. The Morgan fingerprint density at radius 3 is 2.12 bits per heavy atom. The van der Waals surface area contributed by atoms with Crippen LogP contribution < -0.4 is 4.74 Å². The maximum Gasteiger partial charge on any atom is 0.416 e. The molecule has 4 nitrogen and oxygen atoms in total. The molecule has 0 heterocycles. The van der Waals surface area contributed by atoms with Crippen LogP contribution in [0.1, 0.15) is 11.1 Å². The van der Waals surface area contributed by atoms with Crippen molar-refractivity contribution in [3.8, 4) is 11.5 Å². The molecule has 136 valence electrons. The van der Waals surface area contributed by atoms with Crippen molar-refractivity contribution in [2.24, 2.45) is 0 Å². The van der Waals surface area contributed by atoms with E-state index >= 15 is 0 Å². The summed E-state index contributed by atoms with van der Waals surface area (Å²) in [5.74, 6) is 0.229. The zero-order chi connectivity index (χ0) is 18.7. The Hall–Kier alpha value is -1.07. The molecule has 2 aromatic carbocycles. The number of hydrogen-bond donors (Lipinski definition) is 2. The van der Waals surface area contributed by atoms with E-state index in [0.717, 1.165) is 12.1 Å². The van der Waals surface area contributed by atoms with E-state index in [0.29, 0.717) is 10.8 Å². The summed E-state index contributed by atoms with van der Waals surface area (Å²) in [6, 6.07) is 9.19. The summed E-state index contributed by atoms with van der Waals surface area (Å²) in [4.78, 5) is 0. The van der Waals surface area contributed by atoms with E-state index < -0.39 is 36.1 Å². The van der Waals surface area contributed by atoms with Gasteiger partial charge in [0.2, 0.25) is 0 Å². The number of alkyl halides is 3. The van der Waals surface area contributed by atoms with Crippen molar-refractivity contribution in [2.75, 3.05) is 13.2 Å². The van der Waals surface area contributed by atoms with Gasteiger partial charge in [-0.1, -0.05) is 17.7 Å². The lowest BCUT2D eigenvalue weighted by atomic mass is 9.90. The van der Waals surface area contributed by atoms with Crippen molar-refractivity contribution >= 4 is 34.6 Å². The Labute approximate surface area is 160 Å². The molecule has 0 aliphatic carbocycles. The van der Waals surface area contributed by atoms with Crippen LogP contribution in [0.2, 0.25) is 5.02 Å². The van der Waals surface area contributed by atoms with Crippen LogP contribution in [0.15, 0.2) is 42.5 Å². The van der Waals surface area contributed by atoms with Crippen molar-refractivity contribution in [1.29, 1.82) is 0 Å². The molecule has 25 heavy (non-hydrogen) atoms. The standard InChI is InChI=1S/C16H13ClF3IO4/c17-10-1-3-11(4-2-10)25-12-5-6-13(14(7-12)16(18,19)20)15(23,8-22)9-24-21/h1-7,22-23H,8-9H2. The van der Waals surface area contributed by atoms with E-state index in [1.165, 1.54) is 53.3 Å². The van der Waals surface area contributed by atoms with Crippen molar-refractivity contribution < 1.29 is 31.2 Å². The normalized spacial score (nSPS) is 14.2. The van der Waals surface area contributed by atoms with E-state index in [1.807, 2.05) is 0 Å². The van der Waals surface area contributed by atoms with Gasteiger partial charge in [0.25, 0.3) is 0 Å². The molecule has 0 amide bonds. The van der Waals surface area contributed by atoms with E-state index in [-0.39, 0.29) is 5.75 Å². The Balaban J connectivity index is 2.45. The highest BCUT2D eigenvalue weighted by Crippen LogP contribution is 2.40. The largest absolute Gasteiger partial charge is 0.457 e. The van der Waals surface area contributed by atoms with Gasteiger partial charge in [-0.3, -0.25) is 0 Å². The quantitative estimate of drug-likeness (QED) is 0.579. The molecule has 0 bridgehead atoms. The molecule has 0 aliphatic heterocycles. The number of halogens is 5. The summed E-state index contributed by atoms with van der Waals surface area (Å²) in [7, 11) is 0. The molecule has 2 N–H and O–H groups in total. The van der Waals surface area contributed by atoms with Crippen molar-refractivity contribution in [3.05, 3.63) is 58.6 Å². The molecule has 0 aliphatic rings. The first-order valence-electron chi connectivity index (χ1n) is 6.91. The molecule has 2 aromatic rings. The van der Waals surface area contributed by atoms with Gasteiger partial charge >= 0.3 is 6.18 Å². The third kappa shape index (κ3) is 4.98. The van der Waals surface area contributed by atoms with Gasteiger partial charge in [0.15, 0.2) is 0 Å².